The Morgan fingerprint density at radius 2 is 2.00 bits per heavy atom. The van der Waals surface area contributed by atoms with E-state index >= 15 is 0 Å². The number of amides is 1. The number of carbonyl (C=O) groups is 1. The van der Waals surface area contributed by atoms with Crippen LogP contribution in [0.4, 0.5) is 0 Å². The summed E-state index contributed by atoms with van der Waals surface area (Å²) in [6.07, 6.45) is 5.18. The Morgan fingerprint density at radius 3 is 2.70 bits per heavy atom. The maximum atomic E-state index is 13.2. The number of nitrogens with zero attached hydrogens (tertiary/aromatic N) is 3. The first-order valence-corrected chi connectivity index (χ1v) is 10.5. The maximum absolute atomic E-state index is 13.2. The van der Waals surface area contributed by atoms with Crippen molar-refractivity contribution in [1.82, 2.24) is 25.0 Å². The minimum absolute atomic E-state index is 0.0738. The number of aryl methyl sites for hydroxylation is 1. The molecule has 1 aliphatic rings. The van der Waals surface area contributed by atoms with Gasteiger partial charge in [0.2, 0.25) is 0 Å². The van der Waals surface area contributed by atoms with E-state index in [0.717, 1.165) is 15.7 Å². The third-order valence-corrected chi connectivity index (χ3v) is 5.53. The smallest absolute Gasteiger partial charge is 0.331 e. The van der Waals surface area contributed by atoms with Gasteiger partial charge >= 0.3 is 5.69 Å². The van der Waals surface area contributed by atoms with Crippen molar-refractivity contribution in [2.24, 2.45) is 7.05 Å². The monoisotopic (exact) mass is 467 g/mol. The highest BCUT2D eigenvalue weighted by atomic mass is 35.5. The maximum Gasteiger partial charge on any atom is 0.331 e. The van der Waals surface area contributed by atoms with Crippen LogP contribution in [-0.4, -0.2) is 33.9 Å². The van der Waals surface area contributed by atoms with Gasteiger partial charge in [-0.25, -0.2) is 4.79 Å². The molecule has 10 heteroatoms. The first-order valence-electron chi connectivity index (χ1n) is 10.1. The number of hydrogen-bond donors (Lipinski definition) is 2. The second kappa shape index (κ2) is 9.35. The summed E-state index contributed by atoms with van der Waals surface area (Å²) < 4.78 is 2.54. The van der Waals surface area contributed by atoms with E-state index in [9.17, 15) is 14.4 Å². The SMILES string of the molecule is CON1C=CC(CNC(=O)c2ccc3c(c2)c(=O)n(Cc2cccc(Cl)c2)c(=O)n3C)=CN1. The van der Waals surface area contributed by atoms with Crippen LogP contribution < -0.4 is 22.0 Å². The molecule has 0 fully saturated rings. The third kappa shape index (κ3) is 4.69. The molecule has 9 nitrogen and oxygen atoms in total. The van der Waals surface area contributed by atoms with Gasteiger partial charge in [0.15, 0.2) is 0 Å². The highest BCUT2D eigenvalue weighted by Gasteiger charge is 2.15. The Balaban J connectivity index is 1.62. The largest absolute Gasteiger partial charge is 0.348 e. The molecule has 0 atom stereocenters. The molecule has 33 heavy (non-hydrogen) atoms. The number of hydrazine groups is 1. The zero-order valence-corrected chi connectivity index (χ0v) is 18.8. The molecule has 4 rings (SSSR count). The van der Waals surface area contributed by atoms with Crippen molar-refractivity contribution in [1.29, 1.82) is 0 Å². The van der Waals surface area contributed by atoms with Gasteiger partial charge < -0.3 is 5.32 Å². The molecule has 3 aromatic rings. The normalized spacial score (nSPS) is 13.1. The number of hydroxylamine groups is 1. The number of rotatable bonds is 6. The lowest BCUT2D eigenvalue weighted by molar-refractivity contribution is -0.119. The van der Waals surface area contributed by atoms with E-state index in [1.54, 1.807) is 61.9 Å². The fourth-order valence-corrected chi connectivity index (χ4v) is 3.74. The first kappa shape index (κ1) is 22.4. The molecule has 0 radical (unpaired) electrons. The number of aromatic nitrogens is 2. The summed E-state index contributed by atoms with van der Waals surface area (Å²) in [5.41, 5.74) is 4.30. The van der Waals surface area contributed by atoms with Crippen LogP contribution in [0.2, 0.25) is 5.02 Å². The van der Waals surface area contributed by atoms with Crippen LogP contribution in [0.25, 0.3) is 10.9 Å². The topological polar surface area (TPSA) is 97.6 Å². The molecule has 2 N–H and O–H groups in total. The van der Waals surface area contributed by atoms with Gasteiger partial charge in [0.25, 0.3) is 11.5 Å². The number of fused-ring (bicyclic) bond motifs is 1. The highest BCUT2D eigenvalue weighted by Crippen LogP contribution is 2.14. The van der Waals surface area contributed by atoms with Gasteiger partial charge in [-0.3, -0.25) is 29.0 Å². The standard InChI is InChI=1S/C23H22ClN5O4/c1-27-20-7-6-17(21(30)25-12-16-8-9-29(33-2)26-13-16)11-19(20)22(31)28(23(27)32)14-15-4-3-5-18(24)10-15/h3-11,13,26H,12,14H2,1-2H3,(H,25,30). The van der Waals surface area contributed by atoms with Crippen LogP contribution in [0.5, 0.6) is 0 Å². The molecule has 0 unspecified atom stereocenters. The lowest BCUT2D eigenvalue weighted by Crippen LogP contribution is -2.39. The Morgan fingerprint density at radius 1 is 1.18 bits per heavy atom. The molecular formula is C23H22ClN5O4. The van der Waals surface area contributed by atoms with Gasteiger partial charge in [-0.2, -0.15) is 5.17 Å². The highest BCUT2D eigenvalue weighted by molar-refractivity contribution is 6.30. The van der Waals surface area contributed by atoms with Gasteiger partial charge in [0, 0.05) is 30.4 Å². The second-order valence-corrected chi connectivity index (χ2v) is 7.89. The molecular weight excluding hydrogens is 446 g/mol. The molecule has 0 bridgehead atoms. The van der Waals surface area contributed by atoms with Crippen molar-refractivity contribution in [3.63, 3.8) is 0 Å². The van der Waals surface area contributed by atoms with Gasteiger partial charge in [-0.15, -0.1) is 0 Å². The van der Waals surface area contributed by atoms with E-state index in [-0.39, 0.29) is 24.4 Å². The van der Waals surface area contributed by atoms with E-state index in [1.807, 2.05) is 0 Å². The quantitative estimate of drug-likeness (QED) is 0.575. The zero-order valence-electron chi connectivity index (χ0n) is 18.0. The summed E-state index contributed by atoms with van der Waals surface area (Å²) in [6.45, 7) is 0.356. The van der Waals surface area contributed by atoms with Crippen molar-refractivity contribution in [3.8, 4) is 0 Å². The molecule has 1 aliphatic heterocycles. The minimum Gasteiger partial charge on any atom is -0.348 e. The van der Waals surface area contributed by atoms with Gasteiger partial charge in [0.1, 0.15) is 0 Å². The van der Waals surface area contributed by atoms with Crippen molar-refractivity contribution in [3.05, 3.63) is 104 Å². The molecule has 1 aromatic heterocycles. The van der Waals surface area contributed by atoms with Crippen LogP contribution in [0.15, 0.2) is 76.1 Å². The fourth-order valence-electron chi connectivity index (χ4n) is 3.52. The second-order valence-electron chi connectivity index (χ2n) is 7.45. The van der Waals surface area contributed by atoms with Crippen LogP contribution in [-0.2, 0) is 18.4 Å². The van der Waals surface area contributed by atoms with Crippen LogP contribution >= 0.6 is 11.6 Å². The Hall–Kier alpha value is -3.82. The zero-order chi connectivity index (χ0) is 23.5. The van der Waals surface area contributed by atoms with E-state index in [0.29, 0.717) is 16.1 Å². The Bertz CT molecular complexity index is 1410. The Labute approximate surface area is 194 Å². The molecule has 2 heterocycles. The average molecular weight is 468 g/mol. The van der Waals surface area contributed by atoms with E-state index in [2.05, 4.69) is 10.7 Å². The number of hydrogen-bond acceptors (Lipinski definition) is 6. The van der Waals surface area contributed by atoms with Crippen LogP contribution in [0.3, 0.4) is 0 Å². The minimum atomic E-state index is -0.468. The lowest BCUT2D eigenvalue weighted by Gasteiger charge is -2.21. The molecule has 1 amide bonds. The molecule has 0 saturated carbocycles. The van der Waals surface area contributed by atoms with E-state index in [1.165, 1.54) is 22.9 Å². The molecule has 2 aromatic carbocycles. The van der Waals surface area contributed by atoms with Gasteiger partial charge in [0.05, 0.1) is 30.8 Å². The number of carbonyl (C=O) groups excluding carboxylic acids is 1. The summed E-state index contributed by atoms with van der Waals surface area (Å²) in [4.78, 5) is 43.7. The van der Waals surface area contributed by atoms with Gasteiger partial charge in [-0.1, -0.05) is 23.7 Å². The van der Waals surface area contributed by atoms with Crippen molar-refractivity contribution in [2.75, 3.05) is 13.7 Å². The fraction of sp³-hybridized carbons (Fsp3) is 0.174. The number of benzene rings is 2. The molecule has 0 saturated heterocycles. The molecule has 0 spiro atoms. The van der Waals surface area contributed by atoms with Crippen molar-refractivity contribution < 1.29 is 9.63 Å². The van der Waals surface area contributed by atoms with Crippen LogP contribution in [0, 0.1) is 0 Å². The molecule has 0 aliphatic carbocycles. The number of halogens is 1. The summed E-state index contributed by atoms with van der Waals surface area (Å²) in [7, 11) is 3.12. The van der Waals surface area contributed by atoms with Crippen molar-refractivity contribution in [2.45, 2.75) is 6.54 Å². The van der Waals surface area contributed by atoms with Gasteiger partial charge in [-0.05, 0) is 47.5 Å². The summed E-state index contributed by atoms with van der Waals surface area (Å²) >= 11 is 6.04. The predicted octanol–water partition coefficient (Wildman–Crippen LogP) is 1.91. The van der Waals surface area contributed by atoms with Crippen molar-refractivity contribution >= 4 is 28.4 Å². The summed E-state index contributed by atoms with van der Waals surface area (Å²) in [5, 5.41) is 5.03. The third-order valence-electron chi connectivity index (χ3n) is 5.29. The van der Waals surface area contributed by atoms with Crippen LogP contribution in [0.1, 0.15) is 15.9 Å². The predicted molar refractivity (Wildman–Crippen MR) is 126 cm³/mol. The molecule has 170 valence electrons. The van der Waals surface area contributed by atoms with E-state index < -0.39 is 11.2 Å². The number of nitrogens with one attached hydrogen (secondary N) is 2. The lowest BCUT2D eigenvalue weighted by atomic mass is 10.1. The average Bonchev–Trinajstić information content (AvgIpc) is 2.83. The summed E-state index contributed by atoms with van der Waals surface area (Å²) in [5.74, 6) is -0.338. The Kier molecular flexibility index (Phi) is 6.34. The first-order chi connectivity index (χ1) is 15.9. The summed E-state index contributed by atoms with van der Waals surface area (Å²) in [6, 6.07) is 11.7. The van der Waals surface area contributed by atoms with E-state index in [4.69, 9.17) is 16.4 Å².